The highest BCUT2D eigenvalue weighted by Gasteiger charge is 1.81. The molecule has 0 aliphatic heterocycles. The maximum Gasteiger partial charge on any atom is 0.105 e. The van der Waals surface area contributed by atoms with Gasteiger partial charge in [-0.15, -0.1) is 0 Å². The van der Waals surface area contributed by atoms with Gasteiger partial charge in [0.05, 0.1) is 0 Å². The van der Waals surface area contributed by atoms with E-state index in [4.69, 9.17) is 0 Å². The Labute approximate surface area is 50.0 Å². The van der Waals surface area contributed by atoms with Crippen molar-refractivity contribution in [3.05, 3.63) is 11.5 Å². The molecule has 0 aromatic heterocycles. The first-order valence-electron chi connectivity index (χ1n) is 1.89. The highest BCUT2D eigenvalue weighted by atomic mass is 33.1. The summed E-state index contributed by atoms with van der Waals surface area (Å²) in [6, 6.07) is 0. The van der Waals surface area contributed by atoms with Crippen LogP contribution >= 0.6 is 10.8 Å². The Kier molecular flexibility index (Phi) is 4.55. The van der Waals surface area contributed by atoms with Gasteiger partial charge in [0, 0.05) is 5.41 Å². The fourth-order valence-electron chi connectivity index (χ4n) is 0.167. The van der Waals surface area contributed by atoms with Crippen LogP contribution < -0.4 is 0 Å². The van der Waals surface area contributed by atoms with Crippen molar-refractivity contribution in [3.8, 4) is 0 Å². The molecule has 7 heavy (non-hydrogen) atoms. The molecule has 1 atom stereocenters. The van der Waals surface area contributed by atoms with Gasteiger partial charge < -0.3 is 0 Å². The van der Waals surface area contributed by atoms with Crippen molar-refractivity contribution in [2.45, 2.75) is 6.92 Å². The molecule has 0 aromatic carbocycles. The molecule has 0 saturated carbocycles. The first kappa shape index (κ1) is 7.24. The number of rotatable bonds is 2. The Morgan fingerprint density at radius 3 is 2.43 bits per heavy atom. The molecule has 0 aromatic rings. The summed E-state index contributed by atoms with van der Waals surface area (Å²) >= 11 is 0. The van der Waals surface area contributed by atoms with Gasteiger partial charge in [-0.25, -0.2) is 4.21 Å². The lowest BCUT2D eigenvalue weighted by molar-refractivity contribution is 0.696. The summed E-state index contributed by atoms with van der Waals surface area (Å²) in [5.41, 5.74) is 0. The second kappa shape index (κ2) is 4.40. The van der Waals surface area contributed by atoms with Crippen LogP contribution in [-0.4, -0.2) is 10.5 Å². The first-order valence-corrected chi connectivity index (χ1v) is 4.84. The van der Waals surface area contributed by atoms with E-state index in [1.165, 1.54) is 10.8 Å². The minimum atomic E-state index is -0.791. The van der Waals surface area contributed by atoms with Gasteiger partial charge in [0.25, 0.3) is 0 Å². The van der Waals surface area contributed by atoms with Crippen molar-refractivity contribution < 1.29 is 4.21 Å². The van der Waals surface area contributed by atoms with Gasteiger partial charge in [0.15, 0.2) is 0 Å². The molecule has 0 heterocycles. The van der Waals surface area contributed by atoms with Crippen LogP contribution in [0.2, 0.25) is 0 Å². The molecule has 1 nitrogen and oxygen atoms in total. The maximum atomic E-state index is 10.4. The zero-order valence-electron chi connectivity index (χ0n) is 4.38. The number of hydrogen-bond acceptors (Lipinski definition) is 2. The molecular weight excluding hydrogens is 128 g/mol. The highest BCUT2D eigenvalue weighted by molar-refractivity contribution is 8.69. The summed E-state index contributed by atoms with van der Waals surface area (Å²) in [5.74, 6) is 0. The molecule has 0 N–H and O–H groups in total. The SMILES string of the molecule is C/C=C\S(=O)SC. The Bertz CT molecular complexity index is 87.7. The van der Waals surface area contributed by atoms with Gasteiger partial charge in [-0.2, -0.15) is 0 Å². The lowest BCUT2D eigenvalue weighted by atomic mass is 10.8. The predicted molar refractivity (Wildman–Crippen MR) is 36.5 cm³/mol. The normalized spacial score (nSPS) is 15.1. The van der Waals surface area contributed by atoms with Gasteiger partial charge in [-0.05, 0) is 13.2 Å². The summed E-state index contributed by atoms with van der Waals surface area (Å²) in [5, 5.41) is 1.66. The molecule has 0 amide bonds. The van der Waals surface area contributed by atoms with Crippen LogP contribution in [-0.2, 0) is 9.83 Å². The molecular formula is C4H8OS2. The van der Waals surface area contributed by atoms with Crippen LogP contribution in [0.3, 0.4) is 0 Å². The Hall–Kier alpha value is 0.240. The third-order valence-corrected chi connectivity index (χ3v) is 2.55. The predicted octanol–water partition coefficient (Wildman–Crippen LogP) is 1.55. The Balaban J connectivity index is 3.37. The molecule has 0 rings (SSSR count). The van der Waals surface area contributed by atoms with E-state index in [0.29, 0.717) is 0 Å². The van der Waals surface area contributed by atoms with Gasteiger partial charge in [0.1, 0.15) is 9.83 Å². The van der Waals surface area contributed by atoms with Crippen LogP contribution in [0.4, 0.5) is 0 Å². The van der Waals surface area contributed by atoms with E-state index in [1.54, 1.807) is 11.5 Å². The summed E-state index contributed by atoms with van der Waals surface area (Å²) in [6.45, 7) is 1.86. The highest BCUT2D eigenvalue weighted by Crippen LogP contribution is 2.01. The smallest absolute Gasteiger partial charge is 0.105 e. The minimum absolute atomic E-state index is 0.791. The third kappa shape index (κ3) is 4.09. The topological polar surface area (TPSA) is 17.1 Å². The summed E-state index contributed by atoms with van der Waals surface area (Å²) in [4.78, 5) is 0. The Morgan fingerprint density at radius 2 is 2.29 bits per heavy atom. The van der Waals surface area contributed by atoms with Crippen molar-refractivity contribution in [1.29, 1.82) is 0 Å². The van der Waals surface area contributed by atoms with E-state index in [2.05, 4.69) is 0 Å². The van der Waals surface area contributed by atoms with Crippen LogP contribution in [0, 0.1) is 0 Å². The van der Waals surface area contributed by atoms with Gasteiger partial charge in [-0.1, -0.05) is 16.9 Å². The number of hydrogen-bond donors (Lipinski definition) is 0. The summed E-state index contributed by atoms with van der Waals surface area (Å²) in [6.07, 6.45) is 3.60. The molecule has 42 valence electrons. The quantitative estimate of drug-likeness (QED) is 0.536. The Morgan fingerprint density at radius 1 is 1.71 bits per heavy atom. The lowest BCUT2D eigenvalue weighted by Crippen LogP contribution is -1.68. The average Bonchev–Trinajstić information content (AvgIpc) is 1.68. The van der Waals surface area contributed by atoms with Crippen molar-refractivity contribution >= 4 is 20.6 Å². The van der Waals surface area contributed by atoms with Crippen LogP contribution in [0.1, 0.15) is 6.92 Å². The molecule has 0 spiro atoms. The zero-order chi connectivity index (χ0) is 5.70. The zero-order valence-corrected chi connectivity index (χ0v) is 6.01. The molecule has 1 unspecified atom stereocenters. The second-order valence-corrected chi connectivity index (χ2v) is 4.01. The first-order chi connectivity index (χ1) is 3.31. The molecule has 3 heteroatoms. The largest absolute Gasteiger partial charge is 0.243 e. The maximum absolute atomic E-state index is 10.4. The average molecular weight is 136 g/mol. The van der Waals surface area contributed by atoms with E-state index < -0.39 is 9.83 Å². The van der Waals surface area contributed by atoms with E-state index in [9.17, 15) is 4.21 Å². The van der Waals surface area contributed by atoms with Gasteiger partial charge in [-0.3, -0.25) is 0 Å². The third-order valence-electron chi connectivity index (χ3n) is 0.411. The van der Waals surface area contributed by atoms with Crippen molar-refractivity contribution in [3.63, 3.8) is 0 Å². The molecule has 0 aliphatic carbocycles. The second-order valence-electron chi connectivity index (χ2n) is 0.897. The van der Waals surface area contributed by atoms with E-state index in [1.807, 2.05) is 13.2 Å². The van der Waals surface area contributed by atoms with Crippen molar-refractivity contribution in [2.75, 3.05) is 6.26 Å². The molecule has 0 saturated heterocycles. The van der Waals surface area contributed by atoms with Crippen LogP contribution in [0.5, 0.6) is 0 Å². The minimum Gasteiger partial charge on any atom is -0.243 e. The molecule has 0 fully saturated rings. The fourth-order valence-corrected chi connectivity index (χ4v) is 1.17. The lowest BCUT2D eigenvalue weighted by Gasteiger charge is -1.80. The van der Waals surface area contributed by atoms with Crippen molar-refractivity contribution in [2.24, 2.45) is 0 Å². The van der Waals surface area contributed by atoms with Gasteiger partial charge >= 0.3 is 0 Å². The summed E-state index contributed by atoms with van der Waals surface area (Å²) in [7, 11) is 0.544. The molecule has 0 aliphatic rings. The number of allylic oxidation sites excluding steroid dienone is 1. The monoisotopic (exact) mass is 136 g/mol. The van der Waals surface area contributed by atoms with E-state index in [-0.39, 0.29) is 0 Å². The standard InChI is InChI=1S/C4H8OS2/c1-3-4-7(5)6-2/h3-4H,1-2H3/b4-3-. The van der Waals surface area contributed by atoms with E-state index in [0.717, 1.165) is 0 Å². The molecule has 0 bridgehead atoms. The summed E-state index contributed by atoms with van der Waals surface area (Å²) < 4.78 is 10.4. The van der Waals surface area contributed by atoms with Crippen LogP contribution in [0.25, 0.3) is 0 Å². The van der Waals surface area contributed by atoms with Crippen molar-refractivity contribution in [1.82, 2.24) is 0 Å². The van der Waals surface area contributed by atoms with Gasteiger partial charge in [0.2, 0.25) is 0 Å². The van der Waals surface area contributed by atoms with Crippen LogP contribution in [0.15, 0.2) is 11.5 Å². The molecule has 0 radical (unpaired) electrons. The van der Waals surface area contributed by atoms with E-state index >= 15 is 0 Å². The fraction of sp³-hybridized carbons (Fsp3) is 0.500.